The summed E-state index contributed by atoms with van der Waals surface area (Å²) < 4.78 is 0. The lowest BCUT2D eigenvalue weighted by Gasteiger charge is -2.27. The Morgan fingerprint density at radius 3 is 2.54 bits per heavy atom. The molecule has 0 aromatic heterocycles. The van der Waals surface area contributed by atoms with Gasteiger partial charge in [0.2, 0.25) is 0 Å². The lowest BCUT2D eigenvalue weighted by atomic mass is 10.4. The van der Waals surface area contributed by atoms with E-state index in [1.54, 1.807) is 0 Å². The van der Waals surface area contributed by atoms with Gasteiger partial charge in [0.15, 0.2) is 0 Å². The monoisotopic (exact) mass is 197 g/mol. The lowest BCUT2D eigenvalue weighted by Crippen LogP contribution is -2.32. The minimum Gasteiger partial charge on any atom is -0.381 e. The van der Waals surface area contributed by atoms with Gasteiger partial charge >= 0.3 is 0 Å². The highest BCUT2D eigenvalue weighted by Crippen LogP contribution is 2.13. The molecular weight excluding hydrogens is 182 g/mol. The lowest BCUT2D eigenvalue weighted by molar-refractivity contribution is 0.383. The number of thioether (sulfide) groups is 1. The van der Waals surface area contributed by atoms with Gasteiger partial charge in [0, 0.05) is 44.9 Å². The van der Waals surface area contributed by atoms with Gasteiger partial charge in [-0.1, -0.05) is 0 Å². The third kappa shape index (κ3) is 3.19. The molecule has 1 aliphatic heterocycles. The first-order chi connectivity index (χ1) is 6.24. The summed E-state index contributed by atoms with van der Waals surface area (Å²) in [5, 5.41) is 8.93. The van der Waals surface area contributed by atoms with Gasteiger partial charge in [-0.3, -0.25) is 0 Å². The van der Waals surface area contributed by atoms with Crippen molar-refractivity contribution in [3.63, 3.8) is 0 Å². The van der Waals surface area contributed by atoms with Crippen LogP contribution < -0.4 is 0 Å². The van der Waals surface area contributed by atoms with E-state index in [-0.39, 0.29) is 0 Å². The molecule has 4 heteroatoms. The predicted molar refractivity (Wildman–Crippen MR) is 56.3 cm³/mol. The van der Waals surface area contributed by atoms with Gasteiger partial charge in [-0.25, -0.2) is 0 Å². The maximum absolute atomic E-state index is 8.93. The second-order valence-corrected chi connectivity index (χ2v) is 4.41. The molecule has 0 radical (unpaired) electrons. The maximum atomic E-state index is 8.93. The van der Waals surface area contributed by atoms with Crippen molar-refractivity contribution in [2.75, 3.05) is 38.7 Å². The van der Waals surface area contributed by atoms with Crippen LogP contribution in [0.1, 0.15) is 0 Å². The average molecular weight is 197 g/mol. The number of rotatable bonds is 2. The predicted octanol–water partition coefficient (Wildman–Crippen LogP) is 0.962. The van der Waals surface area contributed by atoms with E-state index in [1.807, 2.05) is 37.0 Å². The van der Waals surface area contributed by atoms with E-state index in [0.717, 1.165) is 30.3 Å². The zero-order valence-corrected chi connectivity index (χ0v) is 8.97. The van der Waals surface area contributed by atoms with Crippen molar-refractivity contribution in [1.82, 2.24) is 9.80 Å². The molecule has 72 valence electrons. The molecule has 1 heterocycles. The summed E-state index contributed by atoms with van der Waals surface area (Å²) >= 11 is 1.95. The molecule has 0 aromatic rings. The summed E-state index contributed by atoms with van der Waals surface area (Å²) in [7, 11) is 3.88. The summed E-state index contributed by atoms with van der Waals surface area (Å²) in [5.41, 5.74) is 0.783. The normalized spacial score (nSPS) is 18.2. The minimum absolute atomic E-state index is 0.783. The summed E-state index contributed by atoms with van der Waals surface area (Å²) in [5.74, 6) is 2.26. The van der Waals surface area contributed by atoms with Crippen molar-refractivity contribution in [2.24, 2.45) is 0 Å². The van der Waals surface area contributed by atoms with Crippen LogP contribution in [-0.2, 0) is 0 Å². The van der Waals surface area contributed by atoms with Crippen LogP contribution in [0.4, 0.5) is 0 Å². The molecule has 0 saturated carbocycles. The van der Waals surface area contributed by atoms with Gasteiger partial charge < -0.3 is 9.80 Å². The van der Waals surface area contributed by atoms with Gasteiger partial charge in [0.25, 0.3) is 0 Å². The van der Waals surface area contributed by atoms with Crippen LogP contribution in [0, 0.1) is 11.3 Å². The van der Waals surface area contributed by atoms with Crippen LogP contribution in [0.15, 0.2) is 11.9 Å². The molecule has 0 unspecified atom stereocenters. The molecule has 0 amide bonds. The van der Waals surface area contributed by atoms with Gasteiger partial charge in [-0.05, 0) is 0 Å². The Hall–Kier alpha value is -0.820. The molecule has 1 fully saturated rings. The third-order valence-electron chi connectivity index (χ3n) is 1.85. The number of nitriles is 1. The molecular formula is C9H15N3S. The van der Waals surface area contributed by atoms with Crippen LogP contribution in [0.2, 0.25) is 0 Å². The maximum Gasteiger partial charge on any atom is 0.132 e. The van der Waals surface area contributed by atoms with Crippen molar-refractivity contribution in [1.29, 1.82) is 5.26 Å². The molecule has 1 aliphatic rings. The van der Waals surface area contributed by atoms with Crippen molar-refractivity contribution in [3.05, 3.63) is 11.9 Å². The Bertz CT molecular complexity index is 224. The molecule has 13 heavy (non-hydrogen) atoms. The quantitative estimate of drug-likeness (QED) is 0.617. The van der Waals surface area contributed by atoms with Gasteiger partial charge in [-0.15, -0.1) is 0 Å². The summed E-state index contributed by atoms with van der Waals surface area (Å²) in [6, 6.07) is 2.24. The fourth-order valence-electron chi connectivity index (χ4n) is 1.23. The second-order valence-electron chi connectivity index (χ2n) is 3.19. The molecule has 1 saturated heterocycles. The first-order valence-electron chi connectivity index (χ1n) is 4.35. The van der Waals surface area contributed by atoms with Crippen molar-refractivity contribution in [2.45, 2.75) is 0 Å². The van der Waals surface area contributed by atoms with Crippen molar-refractivity contribution >= 4 is 11.8 Å². The Balaban J connectivity index is 2.60. The Morgan fingerprint density at radius 1 is 1.46 bits per heavy atom. The van der Waals surface area contributed by atoms with E-state index in [1.165, 1.54) is 0 Å². The van der Waals surface area contributed by atoms with E-state index in [0.29, 0.717) is 0 Å². The molecule has 0 aromatic carbocycles. The highest BCUT2D eigenvalue weighted by atomic mass is 32.2. The second kappa shape index (κ2) is 5.03. The van der Waals surface area contributed by atoms with Crippen LogP contribution in [-0.4, -0.2) is 48.5 Å². The van der Waals surface area contributed by atoms with E-state index in [9.17, 15) is 0 Å². The van der Waals surface area contributed by atoms with Gasteiger partial charge in [0.05, 0.1) is 0 Å². The van der Waals surface area contributed by atoms with E-state index >= 15 is 0 Å². The van der Waals surface area contributed by atoms with Crippen LogP contribution in [0.3, 0.4) is 0 Å². The third-order valence-corrected chi connectivity index (χ3v) is 2.79. The average Bonchev–Trinajstić information content (AvgIpc) is 2.15. The van der Waals surface area contributed by atoms with E-state index < -0.39 is 0 Å². The zero-order chi connectivity index (χ0) is 9.68. The van der Waals surface area contributed by atoms with E-state index in [2.05, 4.69) is 11.0 Å². The SMILES string of the molecule is CN(C)/C=C(/C#N)N1CCSCC1. The molecule has 0 N–H and O–H groups in total. The highest BCUT2D eigenvalue weighted by molar-refractivity contribution is 7.99. The van der Waals surface area contributed by atoms with Gasteiger partial charge in [-0.2, -0.15) is 17.0 Å². The molecule has 0 spiro atoms. The Morgan fingerprint density at radius 2 is 2.08 bits per heavy atom. The van der Waals surface area contributed by atoms with Crippen LogP contribution in [0.25, 0.3) is 0 Å². The van der Waals surface area contributed by atoms with Crippen LogP contribution in [0.5, 0.6) is 0 Å². The number of allylic oxidation sites excluding steroid dienone is 1. The molecule has 0 aliphatic carbocycles. The fraction of sp³-hybridized carbons (Fsp3) is 0.667. The largest absolute Gasteiger partial charge is 0.381 e. The van der Waals surface area contributed by atoms with Crippen LogP contribution >= 0.6 is 11.8 Å². The molecule has 0 bridgehead atoms. The summed E-state index contributed by atoms with van der Waals surface area (Å²) in [4.78, 5) is 4.07. The minimum atomic E-state index is 0.783. The smallest absolute Gasteiger partial charge is 0.132 e. The first-order valence-corrected chi connectivity index (χ1v) is 5.50. The fourth-order valence-corrected chi connectivity index (χ4v) is 2.13. The Kier molecular flexibility index (Phi) is 3.97. The first kappa shape index (κ1) is 10.3. The molecule has 3 nitrogen and oxygen atoms in total. The van der Waals surface area contributed by atoms with Gasteiger partial charge in [0.1, 0.15) is 11.8 Å². The number of nitrogens with zero attached hydrogens (tertiary/aromatic N) is 3. The zero-order valence-electron chi connectivity index (χ0n) is 8.16. The Labute approximate surface area is 84.0 Å². The van der Waals surface area contributed by atoms with Crippen molar-refractivity contribution < 1.29 is 0 Å². The topological polar surface area (TPSA) is 30.3 Å². The standard InChI is InChI=1S/C9H15N3S/c1-11(2)8-9(7-10)12-3-5-13-6-4-12/h8H,3-6H2,1-2H3/b9-8-. The highest BCUT2D eigenvalue weighted by Gasteiger charge is 2.12. The molecule has 1 rings (SSSR count). The summed E-state index contributed by atoms with van der Waals surface area (Å²) in [6.07, 6.45) is 1.88. The number of hydrogen-bond acceptors (Lipinski definition) is 4. The number of hydrogen-bond donors (Lipinski definition) is 0. The van der Waals surface area contributed by atoms with Crippen molar-refractivity contribution in [3.8, 4) is 6.07 Å². The molecule has 0 atom stereocenters. The van der Waals surface area contributed by atoms with E-state index in [4.69, 9.17) is 5.26 Å². The summed E-state index contributed by atoms with van der Waals surface area (Å²) in [6.45, 7) is 2.00.